The number of aromatic amines is 1. The van der Waals surface area contributed by atoms with Crippen LogP contribution in [0.5, 0.6) is 0 Å². The molecule has 1 amide bonds. The summed E-state index contributed by atoms with van der Waals surface area (Å²) in [6.45, 7) is 3.86. The number of carbonyl (C=O) groups excluding carboxylic acids is 1. The summed E-state index contributed by atoms with van der Waals surface area (Å²) in [5.74, 6) is -0.210. The maximum absolute atomic E-state index is 11.3. The molecule has 0 aliphatic heterocycles. The molecule has 0 aliphatic rings. The molecule has 4 heteroatoms. The molecule has 0 radical (unpaired) electrons. The Morgan fingerprint density at radius 2 is 2.46 bits per heavy atom. The highest BCUT2D eigenvalue weighted by Gasteiger charge is 2.02. The molecular formula is C9H13N3O. The SMILES string of the molecule is CC/C(C)=N/NC(=O)c1ccc[nH]1. The van der Waals surface area contributed by atoms with Crippen LogP contribution in [-0.2, 0) is 0 Å². The standard InChI is InChI=1S/C9H13N3O/c1-3-7(2)11-12-9(13)8-5-4-6-10-8/h4-6,10H,3H2,1-2H3,(H,12,13)/b11-7+. The highest BCUT2D eigenvalue weighted by atomic mass is 16.2. The van der Waals surface area contributed by atoms with Crippen LogP contribution in [0, 0.1) is 0 Å². The summed E-state index contributed by atoms with van der Waals surface area (Å²) < 4.78 is 0. The molecule has 4 nitrogen and oxygen atoms in total. The van der Waals surface area contributed by atoms with Crippen molar-refractivity contribution in [2.45, 2.75) is 20.3 Å². The van der Waals surface area contributed by atoms with Crippen LogP contribution in [0.1, 0.15) is 30.8 Å². The zero-order chi connectivity index (χ0) is 9.68. The summed E-state index contributed by atoms with van der Waals surface area (Å²) >= 11 is 0. The van der Waals surface area contributed by atoms with Crippen molar-refractivity contribution in [1.82, 2.24) is 10.4 Å². The Hall–Kier alpha value is -1.58. The van der Waals surface area contributed by atoms with Gasteiger partial charge in [0.15, 0.2) is 0 Å². The molecule has 13 heavy (non-hydrogen) atoms. The first kappa shape index (κ1) is 9.51. The van der Waals surface area contributed by atoms with Crippen LogP contribution in [0.25, 0.3) is 0 Å². The molecule has 1 rings (SSSR count). The number of hydrogen-bond acceptors (Lipinski definition) is 2. The number of hydrazone groups is 1. The lowest BCUT2D eigenvalue weighted by Crippen LogP contribution is -2.19. The zero-order valence-corrected chi connectivity index (χ0v) is 7.79. The minimum absolute atomic E-state index is 0.210. The fourth-order valence-electron chi connectivity index (χ4n) is 0.757. The lowest BCUT2D eigenvalue weighted by Gasteiger charge is -1.97. The number of amides is 1. The fourth-order valence-corrected chi connectivity index (χ4v) is 0.757. The maximum Gasteiger partial charge on any atom is 0.287 e. The number of rotatable bonds is 3. The van der Waals surface area contributed by atoms with Gasteiger partial charge in [-0.05, 0) is 25.5 Å². The zero-order valence-electron chi connectivity index (χ0n) is 7.79. The van der Waals surface area contributed by atoms with Crippen molar-refractivity contribution in [3.63, 3.8) is 0 Å². The molecule has 0 atom stereocenters. The van der Waals surface area contributed by atoms with Gasteiger partial charge in [-0.1, -0.05) is 6.92 Å². The van der Waals surface area contributed by atoms with Crippen molar-refractivity contribution in [3.8, 4) is 0 Å². The molecule has 0 spiro atoms. The van der Waals surface area contributed by atoms with E-state index in [1.165, 1.54) is 0 Å². The topological polar surface area (TPSA) is 57.2 Å². The fraction of sp³-hybridized carbons (Fsp3) is 0.333. The third-order valence-electron chi connectivity index (χ3n) is 1.70. The van der Waals surface area contributed by atoms with E-state index in [4.69, 9.17) is 0 Å². The Morgan fingerprint density at radius 3 is 3.00 bits per heavy atom. The number of H-pyrrole nitrogens is 1. The lowest BCUT2D eigenvalue weighted by molar-refractivity contribution is 0.0950. The molecule has 1 aromatic rings. The molecule has 0 aliphatic carbocycles. The number of hydrogen-bond donors (Lipinski definition) is 2. The van der Waals surface area contributed by atoms with Gasteiger partial charge in [-0.2, -0.15) is 5.10 Å². The van der Waals surface area contributed by atoms with Gasteiger partial charge in [0.1, 0.15) is 5.69 Å². The maximum atomic E-state index is 11.3. The first-order valence-electron chi connectivity index (χ1n) is 4.21. The number of nitrogens with one attached hydrogen (secondary N) is 2. The predicted molar refractivity (Wildman–Crippen MR) is 51.7 cm³/mol. The molecule has 0 unspecified atom stereocenters. The van der Waals surface area contributed by atoms with Crippen LogP contribution >= 0.6 is 0 Å². The van der Waals surface area contributed by atoms with Gasteiger partial charge in [-0.15, -0.1) is 0 Å². The second-order valence-electron chi connectivity index (χ2n) is 2.73. The van der Waals surface area contributed by atoms with Crippen molar-refractivity contribution in [3.05, 3.63) is 24.0 Å². The molecule has 0 saturated carbocycles. The average Bonchev–Trinajstić information content (AvgIpc) is 2.66. The highest BCUT2D eigenvalue weighted by Crippen LogP contribution is 1.93. The highest BCUT2D eigenvalue weighted by molar-refractivity contribution is 5.93. The first-order valence-corrected chi connectivity index (χ1v) is 4.21. The molecule has 0 aromatic carbocycles. The van der Waals surface area contributed by atoms with E-state index in [0.29, 0.717) is 5.69 Å². The monoisotopic (exact) mass is 179 g/mol. The first-order chi connectivity index (χ1) is 6.24. The van der Waals surface area contributed by atoms with Gasteiger partial charge in [0.25, 0.3) is 5.91 Å². The van der Waals surface area contributed by atoms with Gasteiger partial charge < -0.3 is 4.98 Å². The molecule has 1 heterocycles. The molecule has 0 bridgehead atoms. The van der Waals surface area contributed by atoms with E-state index in [9.17, 15) is 4.79 Å². The van der Waals surface area contributed by atoms with E-state index in [0.717, 1.165) is 12.1 Å². The lowest BCUT2D eigenvalue weighted by atomic mass is 10.3. The molecule has 1 aromatic heterocycles. The van der Waals surface area contributed by atoms with Crippen LogP contribution in [0.2, 0.25) is 0 Å². The van der Waals surface area contributed by atoms with E-state index in [1.807, 2.05) is 13.8 Å². The summed E-state index contributed by atoms with van der Waals surface area (Å²) in [5, 5.41) is 3.90. The second kappa shape index (κ2) is 4.45. The Morgan fingerprint density at radius 1 is 1.69 bits per heavy atom. The predicted octanol–water partition coefficient (Wildman–Crippen LogP) is 1.53. The van der Waals surface area contributed by atoms with Crippen LogP contribution < -0.4 is 5.43 Å². The summed E-state index contributed by atoms with van der Waals surface area (Å²) in [5.41, 5.74) is 3.88. The summed E-state index contributed by atoms with van der Waals surface area (Å²) in [4.78, 5) is 14.1. The van der Waals surface area contributed by atoms with Crippen molar-refractivity contribution in [2.75, 3.05) is 0 Å². The minimum Gasteiger partial charge on any atom is -0.357 e. The number of nitrogens with zero attached hydrogens (tertiary/aromatic N) is 1. The summed E-state index contributed by atoms with van der Waals surface area (Å²) in [6.07, 6.45) is 2.54. The van der Waals surface area contributed by atoms with Crippen LogP contribution in [-0.4, -0.2) is 16.6 Å². The summed E-state index contributed by atoms with van der Waals surface area (Å²) in [7, 11) is 0. The minimum atomic E-state index is -0.210. The molecular weight excluding hydrogens is 166 g/mol. The van der Waals surface area contributed by atoms with Gasteiger partial charge in [0, 0.05) is 11.9 Å². The summed E-state index contributed by atoms with van der Waals surface area (Å²) in [6, 6.07) is 3.47. The third kappa shape index (κ3) is 2.74. The van der Waals surface area contributed by atoms with E-state index >= 15 is 0 Å². The Labute approximate surface area is 77.0 Å². The number of carbonyl (C=O) groups is 1. The van der Waals surface area contributed by atoms with Crippen molar-refractivity contribution >= 4 is 11.6 Å². The van der Waals surface area contributed by atoms with Gasteiger partial charge in [0.2, 0.25) is 0 Å². The molecule has 2 N–H and O–H groups in total. The van der Waals surface area contributed by atoms with E-state index in [1.54, 1.807) is 18.3 Å². The van der Waals surface area contributed by atoms with Crippen molar-refractivity contribution < 1.29 is 4.79 Å². The molecule has 70 valence electrons. The second-order valence-corrected chi connectivity index (χ2v) is 2.73. The van der Waals surface area contributed by atoms with Crippen LogP contribution in [0.4, 0.5) is 0 Å². The van der Waals surface area contributed by atoms with Crippen molar-refractivity contribution in [2.24, 2.45) is 5.10 Å². The normalized spacial score (nSPS) is 11.4. The Balaban J connectivity index is 2.52. The van der Waals surface area contributed by atoms with E-state index < -0.39 is 0 Å². The van der Waals surface area contributed by atoms with E-state index in [2.05, 4.69) is 15.5 Å². The van der Waals surface area contributed by atoms with Gasteiger partial charge in [-0.25, -0.2) is 5.43 Å². The Kier molecular flexibility index (Phi) is 3.25. The molecule has 0 saturated heterocycles. The van der Waals surface area contributed by atoms with Gasteiger partial charge >= 0.3 is 0 Å². The van der Waals surface area contributed by atoms with Crippen molar-refractivity contribution in [1.29, 1.82) is 0 Å². The number of aromatic nitrogens is 1. The quantitative estimate of drug-likeness (QED) is 0.536. The smallest absolute Gasteiger partial charge is 0.287 e. The van der Waals surface area contributed by atoms with Gasteiger partial charge in [-0.3, -0.25) is 4.79 Å². The van der Waals surface area contributed by atoms with Crippen LogP contribution in [0.15, 0.2) is 23.4 Å². The van der Waals surface area contributed by atoms with Gasteiger partial charge in [0.05, 0.1) is 0 Å². The largest absolute Gasteiger partial charge is 0.357 e. The Bertz CT molecular complexity index is 301. The van der Waals surface area contributed by atoms with Crippen LogP contribution in [0.3, 0.4) is 0 Å². The molecule has 0 fully saturated rings. The third-order valence-corrected chi connectivity index (χ3v) is 1.70. The average molecular weight is 179 g/mol. The van der Waals surface area contributed by atoms with E-state index in [-0.39, 0.29) is 5.91 Å².